The molecule has 0 unspecified atom stereocenters. The number of carbonyl (C=O) groups is 1. The van der Waals surface area contributed by atoms with Gasteiger partial charge in [-0.05, 0) is 63.0 Å². The second kappa shape index (κ2) is 9.03. The summed E-state index contributed by atoms with van der Waals surface area (Å²) in [7, 11) is -3.50. The van der Waals surface area contributed by atoms with Gasteiger partial charge < -0.3 is 15.5 Å². The van der Waals surface area contributed by atoms with Crippen LogP contribution in [0.1, 0.15) is 45.4 Å². The molecule has 0 spiro atoms. The summed E-state index contributed by atoms with van der Waals surface area (Å²) in [5, 5.41) is 5.79. The first kappa shape index (κ1) is 20.1. The highest BCUT2D eigenvalue weighted by Crippen LogP contribution is 2.21. The summed E-state index contributed by atoms with van der Waals surface area (Å²) >= 11 is 0. The van der Waals surface area contributed by atoms with Crippen LogP contribution in [0.2, 0.25) is 0 Å². The maximum atomic E-state index is 12.4. The molecule has 0 radical (unpaired) electrons. The van der Waals surface area contributed by atoms with Crippen LogP contribution in [0.15, 0.2) is 29.2 Å². The Morgan fingerprint density at radius 1 is 1.07 bits per heavy atom. The van der Waals surface area contributed by atoms with E-state index >= 15 is 0 Å². The van der Waals surface area contributed by atoms with Gasteiger partial charge in [-0.2, -0.15) is 0 Å². The Kier molecular flexibility index (Phi) is 6.73. The summed E-state index contributed by atoms with van der Waals surface area (Å²) in [6.07, 6.45) is 6.00. The van der Waals surface area contributed by atoms with Gasteiger partial charge in [-0.3, -0.25) is 0 Å². The van der Waals surface area contributed by atoms with Crippen LogP contribution in [0.3, 0.4) is 0 Å². The van der Waals surface area contributed by atoms with E-state index in [1.165, 1.54) is 12.1 Å². The standard InChI is InChI=1S/C19H30N4O3S/c1-2-23-13-5-8-17(14-23)21-19(24)20-15-9-11-18(12-10-15)27(25,26)22-16-6-3-4-7-16/h9-12,16-17,22H,2-8,13-14H2,1H3,(H2,20,21,24)/t17-/m0/s1. The van der Waals surface area contributed by atoms with Gasteiger partial charge in [0.25, 0.3) is 0 Å². The summed E-state index contributed by atoms with van der Waals surface area (Å²) in [4.78, 5) is 14.8. The average Bonchev–Trinajstić information content (AvgIpc) is 3.14. The van der Waals surface area contributed by atoms with E-state index in [1.807, 2.05) is 0 Å². The number of benzene rings is 1. The highest BCUT2D eigenvalue weighted by Gasteiger charge is 2.23. The molecule has 1 aliphatic heterocycles. The fourth-order valence-electron chi connectivity index (χ4n) is 3.86. The average molecular weight is 395 g/mol. The molecule has 8 heteroatoms. The van der Waals surface area contributed by atoms with Crippen molar-refractivity contribution < 1.29 is 13.2 Å². The molecule has 3 N–H and O–H groups in total. The Balaban J connectivity index is 1.53. The normalized spacial score (nSPS) is 21.9. The van der Waals surface area contributed by atoms with Crippen LogP contribution in [0.25, 0.3) is 0 Å². The summed E-state index contributed by atoms with van der Waals surface area (Å²) in [5.74, 6) is 0. The number of sulfonamides is 1. The molecule has 2 aliphatic rings. The molecule has 0 aromatic heterocycles. The number of hydrogen-bond donors (Lipinski definition) is 3. The minimum absolute atomic E-state index is 0.0387. The number of likely N-dealkylation sites (N-methyl/N-ethyl adjacent to an activating group) is 1. The van der Waals surface area contributed by atoms with Crippen LogP contribution in [0.4, 0.5) is 10.5 Å². The topological polar surface area (TPSA) is 90.5 Å². The van der Waals surface area contributed by atoms with Crippen LogP contribution in [0, 0.1) is 0 Å². The summed E-state index contributed by atoms with van der Waals surface area (Å²) in [6.45, 7) is 5.07. The lowest BCUT2D eigenvalue weighted by Gasteiger charge is -2.32. The molecule has 27 heavy (non-hydrogen) atoms. The van der Waals surface area contributed by atoms with Crippen molar-refractivity contribution in [3.05, 3.63) is 24.3 Å². The zero-order valence-electron chi connectivity index (χ0n) is 15.9. The van der Waals surface area contributed by atoms with E-state index < -0.39 is 10.0 Å². The molecule has 1 aliphatic carbocycles. The zero-order valence-corrected chi connectivity index (χ0v) is 16.7. The van der Waals surface area contributed by atoms with Crippen molar-refractivity contribution in [3.8, 4) is 0 Å². The number of carbonyl (C=O) groups excluding carboxylic acids is 1. The number of hydrogen-bond acceptors (Lipinski definition) is 4. The largest absolute Gasteiger partial charge is 0.334 e. The highest BCUT2D eigenvalue weighted by atomic mass is 32.2. The van der Waals surface area contributed by atoms with E-state index in [0.717, 1.165) is 58.2 Å². The van der Waals surface area contributed by atoms with Crippen molar-refractivity contribution in [2.75, 3.05) is 25.0 Å². The number of rotatable bonds is 6. The number of likely N-dealkylation sites (tertiary alicyclic amines) is 1. The quantitative estimate of drug-likeness (QED) is 0.691. The second-order valence-electron chi connectivity index (χ2n) is 7.46. The lowest BCUT2D eigenvalue weighted by Crippen LogP contribution is -2.48. The number of nitrogens with zero attached hydrogens (tertiary/aromatic N) is 1. The van der Waals surface area contributed by atoms with Crippen molar-refractivity contribution in [3.63, 3.8) is 0 Å². The van der Waals surface area contributed by atoms with Crippen molar-refractivity contribution in [1.29, 1.82) is 0 Å². The first-order chi connectivity index (χ1) is 13.0. The number of nitrogens with one attached hydrogen (secondary N) is 3. The molecule has 150 valence electrons. The predicted molar refractivity (Wildman–Crippen MR) is 106 cm³/mol. The Hall–Kier alpha value is -1.64. The second-order valence-corrected chi connectivity index (χ2v) is 9.17. The van der Waals surface area contributed by atoms with Gasteiger partial charge in [-0.1, -0.05) is 19.8 Å². The van der Waals surface area contributed by atoms with Crippen molar-refractivity contribution >= 4 is 21.7 Å². The number of piperidine rings is 1. The van der Waals surface area contributed by atoms with E-state index in [2.05, 4.69) is 27.2 Å². The molecule has 1 aromatic rings. The van der Waals surface area contributed by atoms with Crippen LogP contribution in [-0.4, -0.2) is 51.1 Å². The Labute approximate surface area is 161 Å². The lowest BCUT2D eigenvalue weighted by molar-refractivity contribution is 0.196. The molecular formula is C19H30N4O3S. The molecule has 1 saturated heterocycles. The van der Waals surface area contributed by atoms with Gasteiger partial charge in [0.05, 0.1) is 4.90 Å². The minimum atomic E-state index is -3.50. The van der Waals surface area contributed by atoms with Gasteiger partial charge in [0.2, 0.25) is 10.0 Å². The molecule has 2 fully saturated rings. The monoisotopic (exact) mass is 394 g/mol. The SMILES string of the molecule is CCN1CCC[C@H](NC(=O)Nc2ccc(S(=O)(=O)NC3CCCC3)cc2)C1. The van der Waals surface area contributed by atoms with Crippen molar-refractivity contribution in [2.24, 2.45) is 0 Å². The van der Waals surface area contributed by atoms with E-state index in [9.17, 15) is 13.2 Å². The Morgan fingerprint density at radius 3 is 2.41 bits per heavy atom. The molecule has 1 atom stereocenters. The zero-order chi connectivity index (χ0) is 19.3. The summed E-state index contributed by atoms with van der Waals surface area (Å²) in [5.41, 5.74) is 0.579. The van der Waals surface area contributed by atoms with Gasteiger partial charge in [0.1, 0.15) is 0 Å². The fourth-order valence-corrected chi connectivity index (χ4v) is 5.17. The van der Waals surface area contributed by atoms with Gasteiger partial charge in [-0.15, -0.1) is 0 Å². The van der Waals surface area contributed by atoms with E-state index in [-0.39, 0.29) is 23.0 Å². The van der Waals surface area contributed by atoms with E-state index in [0.29, 0.717) is 5.69 Å². The van der Waals surface area contributed by atoms with Crippen LogP contribution in [0.5, 0.6) is 0 Å². The lowest BCUT2D eigenvalue weighted by atomic mass is 10.1. The van der Waals surface area contributed by atoms with E-state index in [4.69, 9.17) is 0 Å². The third-order valence-corrected chi connectivity index (χ3v) is 6.92. The molecular weight excluding hydrogens is 364 g/mol. The van der Waals surface area contributed by atoms with Crippen molar-refractivity contribution in [1.82, 2.24) is 14.9 Å². The molecule has 3 rings (SSSR count). The Morgan fingerprint density at radius 2 is 1.74 bits per heavy atom. The third-order valence-electron chi connectivity index (χ3n) is 5.39. The molecule has 2 amide bonds. The maximum Gasteiger partial charge on any atom is 0.319 e. The number of anilines is 1. The van der Waals surface area contributed by atoms with Gasteiger partial charge in [0, 0.05) is 24.3 Å². The van der Waals surface area contributed by atoms with E-state index in [1.54, 1.807) is 12.1 Å². The molecule has 1 aromatic carbocycles. The minimum Gasteiger partial charge on any atom is -0.334 e. The number of urea groups is 1. The van der Waals surface area contributed by atoms with Crippen LogP contribution >= 0.6 is 0 Å². The number of amides is 2. The Bertz CT molecular complexity index is 730. The summed E-state index contributed by atoms with van der Waals surface area (Å²) < 4.78 is 27.6. The first-order valence-electron chi connectivity index (χ1n) is 9.88. The fraction of sp³-hybridized carbons (Fsp3) is 0.632. The van der Waals surface area contributed by atoms with Crippen LogP contribution in [-0.2, 0) is 10.0 Å². The highest BCUT2D eigenvalue weighted by molar-refractivity contribution is 7.89. The van der Waals surface area contributed by atoms with Gasteiger partial charge in [-0.25, -0.2) is 17.9 Å². The van der Waals surface area contributed by atoms with Gasteiger partial charge >= 0.3 is 6.03 Å². The smallest absolute Gasteiger partial charge is 0.319 e. The van der Waals surface area contributed by atoms with Gasteiger partial charge in [0.15, 0.2) is 0 Å². The first-order valence-corrected chi connectivity index (χ1v) is 11.4. The summed E-state index contributed by atoms with van der Waals surface area (Å²) in [6, 6.07) is 6.26. The third kappa shape index (κ3) is 5.67. The molecule has 7 nitrogen and oxygen atoms in total. The van der Waals surface area contributed by atoms with Crippen LogP contribution < -0.4 is 15.4 Å². The predicted octanol–water partition coefficient (Wildman–Crippen LogP) is 2.51. The molecule has 0 bridgehead atoms. The maximum absolute atomic E-state index is 12.4. The molecule has 1 heterocycles. The van der Waals surface area contributed by atoms with Crippen molar-refractivity contribution in [2.45, 2.75) is 62.4 Å². The molecule has 1 saturated carbocycles.